The third kappa shape index (κ3) is 1.75. The van der Waals surface area contributed by atoms with Gasteiger partial charge in [0.05, 0.1) is 0 Å². The lowest BCUT2D eigenvalue weighted by atomic mass is 10.1. The van der Waals surface area contributed by atoms with Gasteiger partial charge in [-0.3, -0.25) is 4.90 Å². The summed E-state index contributed by atoms with van der Waals surface area (Å²) in [4.78, 5) is 2.52. The molecule has 0 bridgehead atoms. The molecule has 1 aliphatic heterocycles. The van der Waals surface area contributed by atoms with Crippen molar-refractivity contribution in [2.75, 3.05) is 6.54 Å². The first-order valence-corrected chi connectivity index (χ1v) is 4.91. The Morgan fingerprint density at radius 3 is 2.23 bits per heavy atom. The van der Waals surface area contributed by atoms with Crippen LogP contribution in [0.3, 0.4) is 0 Å². The first-order valence-electron chi connectivity index (χ1n) is 4.91. The second-order valence-corrected chi connectivity index (χ2v) is 4.75. The minimum atomic E-state index is 0.320. The van der Waals surface area contributed by atoms with Crippen LogP contribution in [0.1, 0.15) is 32.4 Å². The molecular formula is C12H17N. The predicted molar refractivity (Wildman–Crippen MR) is 55.6 cm³/mol. The fourth-order valence-corrected chi connectivity index (χ4v) is 1.84. The number of hydrogen-bond donors (Lipinski definition) is 0. The van der Waals surface area contributed by atoms with Gasteiger partial charge in [-0.1, -0.05) is 30.3 Å². The summed E-state index contributed by atoms with van der Waals surface area (Å²) >= 11 is 0. The molecule has 1 aromatic carbocycles. The van der Waals surface area contributed by atoms with Gasteiger partial charge in [-0.2, -0.15) is 0 Å². The maximum absolute atomic E-state index is 2.52. The van der Waals surface area contributed by atoms with Crippen LogP contribution in [0.15, 0.2) is 30.3 Å². The van der Waals surface area contributed by atoms with Crippen LogP contribution in [0.5, 0.6) is 0 Å². The molecule has 2 rings (SSSR count). The van der Waals surface area contributed by atoms with E-state index in [1.165, 1.54) is 12.1 Å². The monoisotopic (exact) mass is 175 g/mol. The maximum Gasteiger partial charge on any atom is 0.0481 e. The Morgan fingerprint density at radius 2 is 1.77 bits per heavy atom. The standard InChI is InChI=1S/C12H17N/c1-12(2,3)13-9-11(13)10-7-5-4-6-8-10/h4-8,11H,9H2,1-3H3. The Balaban J connectivity index is 2.09. The van der Waals surface area contributed by atoms with Crippen LogP contribution >= 0.6 is 0 Å². The summed E-state index contributed by atoms with van der Waals surface area (Å²) in [7, 11) is 0. The quantitative estimate of drug-likeness (QED) is 0.593. The van der Waals surface area contributed by atoms with Gasteiger partial charge in [0.25, 0.3) is 0 Å². The molecule has 0 aromatic heterocycles. The van der Waals surface area contributed by atoms with E-state index in [-0.39, 0.29) is 0 Å². The molecule has 2 atom stereocenters. The van der Waals surface area contributed by atoms with Crippen LogP contribution in [0, 0.1) is 0 Å². The molecule has 1 heterocycles. The van der Waals surface area contributed by atoms with Crippen molar-refractivity contribution in [2.45, 2.75) is 32.4 Å². The predicted octanol–water partition coefficient (Wildman–Crippen LogP) is 2.84. The van der Waals surface area contributed by atoms with Gasteiger partial charge in [0, 0.05) is 18.1 Å². The summed E-state index contributed by atoms with van der Waals surface area (Å²) in [5.41, 5.74) is 1.78. The van der Waals surface area contributed by atoms with Gasteiger partial charge in [0.2, 0.25) is 0 Å². The number of hydrogen-bond acceptors (Lipinski definition) is 1. The number of benzene rings is 1. The maximum atomic E-state index is 2.52. The van der Waals surface area contributed by atoms with Crippen LogP contribution in [-0.2, 0) is 0 Å². The fourth-order valence-electron chi connectivity index (χ4n) is 1.84. The van der Waals surface area contributed by atoms with E-state index in [2.05, 4.69) is 56.0 Å². The SMILES string of the molecule is CC(C)(C)N1CC1c1ccccc1. The van der Waals surface area contributed by atoms with Gasteiger partial charge in [0.1, 0.15) is 0 Å². The highest BCUT2D eigenvalue weighted by Crippen LogP contribution is 2.40. The van der Waals surface area contributed by atoms with Crippen molar-refractivity contribution in [3.8, 4) is 0 Å². The summed E-state index contributed by atoms with van der Waals surface area (Å²) in [5, 5.41) is 0. The van der Waals surface area contributed by atoms with Gasteiger partial charge < -0.3 is 0 Å². The Bertz CT molecular complexity index is 284. The molecule has 0 amide bonds. The minimum absolute atomic E-state index is 0.320. The minimum Gasteiger partial charge on any atom is -0.288 e. The van der Waals surface area contributed by atoms with E-state index in [1.807, 2.05) is 0 Å². The van der Waals surface area contributed by atoms with Crippen molar-refractivity contribution in [1.82, 2.24) is 4.90 Å². The number of nitrogens with zero attached hydrogens (tertiary/aromatic N) is 1. The van der Waals surface area contributed by atoms with Crippen LogP contribution in [-0.4, -0.2) is 17.0 Å². The fraction of sp³-hybridized carbons (Fsp3) is 0.500. The van der Waals surface area contributed by atoms with E-state index < -0.39 is 0 Å². The molecule has 0 spiro atoms. The lowest BCUT2D eigenvalue weighted by Crippen LogP contribution is -2.25. The highest BCUT2D eigenvalue weighted by Gasteiger charge is 2.42. The van der Waals surface area contributed by atoms with Crippen molar-refractivity contribution in [3.63, 3.8) is 0 Å². The van der Waals surface area contributed by atoms with Gasteiger partial charge >= 0.3 is 0 Å². The molecule has 1 aliphatic rings. The molecule has 0 N–H and O–H groups in total. The van der Waals surface area contributed by atoms with Gasteiger partial charge in [-0.05, 0) is 26.3 Å². The molecule has 1 nitrogen and oxygen atoms in total. The normalized spacial score (nSPS) is 27.3. The number of rotatable bonds is 1. The van der Waals surface area contributed by atoms with Crippen LogP contribution in [0.25, 0.3) is 0 Å². The molecule has 0 saturated carbocycles. The zero-order valence-corrected chi connectivity index (χ0v) is 8.62. The van der Waals surface area contributed by atoms with Crippen LogP contribution in [0.4, 0.5) is 0 Å². The van der Waals surface area contributed by atoms with Crippen LogP contribution < -0.4 is 0 Å². The lowest BCUT2D eigenvalue weighted by molar-refractivity contribution is 0.287. The molecule has 1 heteroatoms. The Kier molecular flexibility index (Phi) is 1.92. The summed E-state index contributed by atoms with van der Waals surface area (Å²) in [6.07, 6.45) is 0. The third-order valence-corrected chi connectivity index (χ3v) is 2.66. The smallest absolute Gasteiger partial charge is 0.0481 e. The average Bonchev–Trinajstić information content (AvgIpc) is 2.83. The van der Waals surface area contributed by atoms with E-state index in [4.69, 9.17) is 0 Å². The first-order chi connectivity index (χ1) is 6.09. The van der Waals surface area contributed by atoms with E-state index in [0.717, 1.165) is 0 Å². The Labute approximate surface area is 80.4 Å². The molecule has 70 valence electrons. The Hall–Kier alpha value is -0.820. The zero-order valence-electron chi connectivity index (χ0n) is 8.62. The topological polar surface area (TPSA) is 3.01 Å². The molecule has 0 aliphatic carbocycles. The zero-order chi connectivity index (χ0) is 9.47. The van der Waals surface area contributed by atoms with Crippen molar-refractivity contribution in [1.29, 1.82) is 0 Å². The highest BCUT2D eigenvalue weighted by atomic mass is 15.3. The van der Waals surface area contributed by atoms with Crippen molar-refractivity contribution < 1.29 is 0 Å². The Morgan fingerprint density at radius 1 is 1.15 bits per heavy atom. The molecule has 13 heavy (non-hydrogen) atoms. The molecule has 0 radical (unpaired) electrons. The summed E-state index contributed by atoms with van der Waals surface area (Å²) in [6.45, 7) is 8.04. The molecular weight excluding hydrogens is 158 g/mol. The van der Waals surface area contributed by atoms with Crippen molar-refractivity contribution >= 4 is 0 Å². The second kappa shape index (κ2) is 2.85. The van der Waals surface area contributed by atoms with E-state index in [9.17, 15) is 0 Å². The third-order valence-electron chi connectivity index (χ3n) is 2.66. The molecule has 2 unspecified atom stereocenters. The average molecular weight is 175 g/mol. The largest absolute Gasteiger partial charge is 0.288 e. The summed E-state index contributed by atoms with van der Waals surface area (Å²) in [5.74, 6) is 0. The first kappa shape index (κ1) is 8.76. The summed E-state index contributed by atoms with van der Waals surface area (Å²) < 4.78 is 0. The van der Waals surface area contributed by atoms with E-state index >= 15 is 0 Å². The summed E-state index contributed by atoms with van der Waals surface area (Å²) in [6, 6.07) is 11.4. The van der Waals surface area contributed by atoms with Gasteiger partial charge in [-0.15, -0.1) is 0 Å². The second-order valence-electron chi connectivity index (χ2n) is 4.75. The van der Waals surface area contributed by atoms with Crippen LogP contribution in [0.2, 0.25) is 0 Å². The van der Waals surface area contributed by atoms with Gasteiger partial charge in [0.15, 0.2) is 0 Å². The molecule has 1 fully saturated rings. The van der Waals surface area contributed by atoms with E-state index in [1.54, 1.807) is 0 Å². The van der Waals surface area contributed by atoms with Crippen molar-refractivity contribution in [2.24, 2.45) is 0 Å². The van der Waals surface area contributed by atoms with Gasteiger partial charge in [-0.25, -0.2) is 0 Å². The van der Waals surface area contributed by atoms with E-state index in [0.29, 0.717) is 11.6 Å². The molecule has 1 aromatic rings. The highest BCUT2D eigenvalue weighted by molar-refractivity contribution is 5.24. The van der Waals surface area contributed by atoms with Crippen molar-refractivity contribution in [3.05, 3.63) is 35.9 Å². The lowest BCUT2D eigenvalue weighted by Gasteiger charge is -2.21. The molecule has 1 saturated heterocycles.